The summed E-state index contributed by atoms with van der Waals surface area (Å²) in [6.45, 7) is 2.51. The molecule has 21 heavy (non-hydrogen) atoms. The fourth-order valence-electron chi connectivity index (χ4n) is 2.13. The van der Waals surface area contributed by atoms with E-state index >= 15 is 0 Å². The van der Waals surface area contributed by atoms with Crippen LogP contribution in [-0.2, 0) is 11.3 Å². The van der Waals surface area contributed by atoms with Crippen molar-refractivity contribution in [3.63, 3.8) is 0 Å². The quantitative estimate of drug-likeness (QED) is 0.855. The highest BCUT2D eigenvalue weighted by Crippen LogP contribution is 2.22. The summed E-state index contributed by atoms with van der Waals surface area (Å²) in [5.41, 5.74) is 3.32. The summed E-state index contributed by atoms with van der Waals surface area (Å²) in [4.78, 5) is 11.8. The minimum absolute atomic E-state index is 0.346. The topological polar surface area (TPSA) is 47.6 Å². The van der Waals surface area contributed by atoms with Gasteiger partial charge in [0.15, 0.2) is 0 Å². The van der Waals surface area contributed by atoms with Gasteiger partial charge in [-0.05, 0) is 25.1 Å². The molecule has 2 rings (SSSR count). The third-order valence-corrected chi connectivity index (χ3v) is 3.24. The molecule has 0 aliphatic rings. The zero-order chi connectivity index (χ0) is 15.2. The zero-order valence-corrected chi connectivity index (χ0v) is 12.5. The first-order chi connectivity index (χ1) is 10.2. The number of esters is 1. The number of rotatable bonds is 5. The molecule has 0 amide bonds. The number of ether oxygens (including phenoxy) is 2. The lowest BCUT2D eigenvalue weighted by Gasteiger charge is -2.13. The predicted octanol–water partition coefficient (Wildman–Crippen LogP) is 3.40. The Labute approximate surface area is 124 Å². The summed E-state index contributed by atoms with van der Waals surface area (Å²) < 4.78 is 10.1. The standard InChI is InChI=1S/C17H19NO3/c1-12-8-9-15(14(10-12)17(19)21-3)18-11-13-6-4-5-7-16(13)20-2/h4-10,18H,11H2,1-3H3. The summed E-state index contributed by atoms with van der Waals surface area (Å²) >= 11 is 0. The number of aryl methyl sites for hydroxylation is 1. The molecule has 0 heterocycles. The van der Waals surface area contributed by atoms with Gasteiger partial charge in [-0.2, -0.15) is 0 Å². The number of methoxy groups -OCH3 is 2. The molecule has 0 saturated heterocycles. The predicted molar refractivity (Wildman–Crippen MR) is 82.8 cm³/mol. The van der Waals surface area contributed by atoms with E-state index in [2.05, 4.69) is 5.32 Å². The Kier molecular flexibility index (Phi) is 4.82. The number of carbonyl (C=O) groups excluding carboxylic acids is 1. The number of nitrogens with one attached hydrogen (secondary N) is 1. The molecule has 0 aromatic heterocycles. The maximum absolute atomic E-state index is 11.8. The normalized spacial score (nSPS) is 10.0. The highest BCUT2D eigenvalue weighted by atomic mass is 16.5. The molecule has 0 spiro atoms. The molecule has 0 aliphatic carbocycles. The van der Waals surface area contributed by atoms with Crippen LogP contribution in [0.25, 0.3) is 0 Å². The van der Waals surface area contributed by atoms with Crippen LogP contribution in [0.3, 0.4) is 0 Å². The van der Waals surface area contributed by atoms with Gasteiger partial charge in [0.1, 0.15) is 5.75 Å². The number of para-hydroxylation sites is 1. The molecular weight excluding hydrogens is 266 g/mol. The van der Waals surface area contributed by atoms with Gasteiger partial charge in [-0.3, -0.25) is 0 Å². The van der Waals surface area contributed by atoms with E-state index in [1.807, 2.05) is 49.4 Å². The van der Waals surface area contributed by atoms with E-state index in [1.165, 1.54) is 7.11 Å². The zero-order valence-electron chi connectivity index (χ0n) is 12.5. The summed E-state index contributed by atoms with van der Waals surface area (Å²) in [6.07, 6.45) is 0. The Bertz CT molecular complexity index is 638. The lowest BCUT2D eigenvalue weighted by atomic mass is 10.1. The second kappa shape index (κ2) is 6.79. The second-order valence-corrected chi connectivity index (χ2v) is 4.71. The molecular formula is C17H19NO3. The van der Waals surface area contributed by atoms with E-state index in [1.54, 1.807) is 7.11 Å². The lowest BCUT2D eigenvalue weighted by Crippen LogP contribution is -2.09. The summed E-state index contributed by atoms with van der Waals surface area (Å²) in [5.74, 6) is 0.470. The molecule has 0 fully saturated rings. The van der Waals surface area contributed by atoms with Gasteiger partial charge in [-0.25, -0.2) is 4.79 Å². The van der Waals surface area contributed by atoms with Gasteiger partial charge < -0.3 is 14.8 Å². The van der Waals surface area contributed by atoms with Crippen LogP contribution >= 0.6 is 0 Å². The number of benzene rings is 2. The van der Waals surface area contributed by atoms with Crippen LogP contribution in [0.15, 0.2) is 42.5 Å². The summed E-state index contributed by atoms with van der Waals surface area (Å²) in [7, 11) is 3.03. The SMILES string of the molecule is COC(=O)c1cc(C)ccc1NCc1ccccc1OC. The molecule has 0 aliphatic heterocycles. The van der Waals surface area contributed by atoms with Crippen molar-refractivity contribution >= 4 is 11.7 Å². The van der Waals surface area contributed by atoms with Gasteiger partial charge >= 0.3 is 5.97 Å². The average molecular weight is 285 g/mol. The van der Waals surface area contributed by atoms with E-state index in [4.69, 9.17) is 9.47 Å². The van der Waals surface area contributed by atoms with Crippen LogP contribution < -0.4 is 10.1 Å². The molecule has 0 saturated carbocycles. The van der Waals surface area contributed by atoms with Crippen molar-refractivity contribution in [3.05, 3.63) is 59.2 Å². The van der Waals surface area contributed by atoms with Gasteiger partial charge in [0.2, 0.25) is 0 Å². The fourth-order valence-corrected chi connectivity index (χ4v) is 2.13. The highest BCUT2D eigenvalue weighted by Gasteiger charge is 2.12. The maximum atomic E-state index is 11.8. The van der Waals surface area contributed by atoms with Crippen molar-refractivity contribution in [1.29, 1.82) is 0 Å². The largest absolute Gasteiger partial charge is 0.496 e. The molecule has 1 N–H and O–H groups in total. The van der Waals surface area contributed by atoms with Crippen molar-refractivity contribution < 1.29 is 14.3 Å². The molecule has 0 unspecified atom stereocenters. The van der Waals surface area contributed by atoms with Crippen LogP contribution in [-0.4, -0.2) is 20.2 Å². The Morgan fingerprint density at radius 1 is 1.14 bits per heavy atom. The Morgan fingerprint density at radius 3 is 2.62 bits per heavy atom. The van der Waals surface area contributed by atoms with Crippen LogP contribution in [0, 0.1) is 6.92 Å². The van der Waals surface area contributed by atoms with Crippen LogP contribution in [0.4, 0.5) is 5.69 Å². The molecule has 110 valence electrons. The monoisotopic (exact) mass is 285 g/mol. The van der Waals surface area contributed by atoms with Crippen molar-refractivity contribution in [2.45, 2.75) is 13.5 Å². The first kappa shape index (κ1) is 14.9. The Hall–Kier alpha value is -2.49. The first-order valence-electron chi connectivity index (χ1n) is 6.70. The van der Waals surface area contributed by atoms with Gasteiger partial charge in [0.25, 0.3) is 0 Å². The van der Waals surface area contributed by atoms with Crippen molar-refractivity contribution in [2.75, 3.05) is 19.5 Å². The van der Waals surface area contributed by atoms with Crippen molar-refractivity contribution in [3.8, 4) is 5.75 Å². The van der Waals surface area contributed by atoms with Crippen LogP contribution in [0.1, 0.15) is 21.5 Å². The van der Waals surface area contributed by atoms with Gasteiger partial charge in [-0.15, -0.1) is 0 Å². The Morgan fingerprint density at radius 2 is 1.90 bits per heavy atom. The third kappa shape index (κ3) is 3.54. The minimum Gasteiger partial charge on any atom is -0.496 e. The smallest absolute Gasteiger partial charge is 0.339 e. The first-order valence-corrected chi connectivity index (χ1v) is 6.70. The van der Waals surface area contributed by atoms with E-state index in [0.717, 1.165) is 22.6 Å². The third-order valence-electron chi connectivity index (χ3n) is 3.24. The van der Waals surface area contributed by atoms with E-state index in [0.29, 0.717) is 12.1 Å². The summed E-state index contributed by atoms with van der Waals surface area (Å²) in [5, 5.41) is 3.27. The van der Waals surface area contributed by atoms with E-state index in [-0.39, 0.29) is 5.97 Å². The molecule has 2 aromatic carbocycles. The van der Waals surface area contributed by atoms with Gasteiger partial charge in [-0.1, -0.05) is 29.8 Å². The average Bonchev–Trinajstić information content (AvgIpc) is 2.53. The molecule has 0 bridgehead atoms. The number of anilines is 1. The Balaban J connectivity index is 2.22. The highest BCUT2D eigenvalue weighted by molar-refractivity contribution is 5.95. The molecule has 0 radical (unpaired) electrons. The van der Waals surface area contributed by atoms with E-state index < -0.39 is 0 Å². The van der Waals surface area contributed by atoms with E-state index in [9.17, 15) is 4.79 Å². The molecule has 0 atom stereocenters. The number of hydrogen-bond donors (Lipinski definition) is 1. The fraction of sp³-hybridized carbons (Fsp3) is 0.235. The number of carbonyl (C=O) groups is 1. The molecule has 4 heteroatoms. The van der Waals surface area contributed by atoms with Gasteiger partial charge in [0, 0.05) is 17.8 Å². The van der Waals surface area contributed by atoms with Crippen molar-refractivity contribution in [2.24, 2.45) is 0 Å². The summed E-state index contributed by atoms with van der Waals surface area (Å²) in [6, 6.07) is 13.4. The van der Waals surface area contributed by atoms with Crippen LogP contribution in [0.2, 0.25) is 0 Å². The second-order valence-electron chi connectivity index (χ2n) is 4.71. The number of hydrogen-bond acceptors (Lipinski definition) is 4. The minimum atomic E-state index is -0.346. The van der Waals surface area contributed by atoms with Crippen molar-refractivity contribution in [1.82, 2.24) is 0 Å². The lowest BCUT2D eigenvalue weighted by molar-refractivity contribution is 0.0601. The van der Waals surface area contributed by atoms with Crippen LogP contribution in [0.5, 0.6) is 5.75 Å². The molecule has 2 aromatic rings. The molecule has 4 nitrogen and oxygen atoms in total. The van der Waals surface area contributed by atoms with Gasteiger partial charge in [0.05, 0.1) is 19.8 Å². The maximum Gasteiger partial charge on any atom is 0.339 e.